The normalized spacial score (nSPS) is 10.6. The van der Waals surface area contributed by atoms with Gasteiger partial charge in [-0.25, -0.2) is 5.43 Å². The number of carbonyl (C=O) groups is 1. The average Bonchev–Trinajstić information content (AvgIpc) is 2.55. The molecule has 0 atom stereocenters. The maximum absolute atomic E-state index is 11.8. The van der Waals surface area contributed by atoms with Crippen LogP contribution in [0.4, 0.5) is 11.4 Å². The third kappa shape index (κ3) is 4.91. The molecule has 2 aromatic carbocycles. The smallest absolute Gasteiger partial charge is 0.269 e. The van der Waals surface area contributed by atoms with Crippen molar-refractivity contribution in [2.45, 2.75) is 6.42 Å². The zero-order chi connectivity index (χ0) is 17.5. The predicted octanol–water partition coefficient (Wildman–Crippen LogP) is 2.35. The van der Waals surface area contributed by atoms with Crippen molar-refractivity contribution in [1.29, 1.82) is 0 Å². The molecule has 0 radical (unpaired) electrons. The second-order valence-corrected chi connectivity index (χ2v) is 5.38. The number of rotatable bonds is 6. The monoisotopic (exact) mass is 326 g/mol. The maximum atomic E-state index is 11.8. The summed E-state index contributed by atoms with van der Waals surface area (Å²) in [5.41, 5.74) is 5.07. The standard InChI is InChI=1S/C17H18N4O3/c1-20(2)15-7-5-14(6-8-15)12-18-19-17(22)11-13-3-9-16(10-4-13)21(23)24/h3-10,12H,11H2,1-2H3,(H,19,22)/b18-12+. The number of hydrazone groups is 1. The number of nitro benzene ring substituents is 1. The number of hydrogen-bond acceptors (Lipinski definition) is 5. The molecule has 24 heavy (non-hydrogen) atoms. The van der Waals surface area contributed by atoms with E-state index in [9.17, 15) is 14.9 Å². The third-order valence-electron chi connectivity index (χ3n) is 3.32. The average molecular weight is 326 g/mol. The van der Waals surface area contributed by atoms with E-state index in [0.29, 0.717) is 5.56 Å². The first-order valence-corrected chi connectivity index (χ1v) is 7.28. The van der Waals surface area contributed by atoms with Crippen molar-refractivity contribution < 1.29 is 9.72 Å². The Balaban J connectivity index is 1.87. The van der Waals surface area contributed by atoms with Gasteiger partial charge in [0.05, 0.1) is 17.6 Å². The van der Waals surface area contributed by atoms with Gasteiger partial charge in [0, 0.05) is 31.9 Å². The van der Waals surface area contributed by atoms with Gasteiger partial charge >= 0.3 is 0 Å². The van der Waals surface area contributed by atoms with Crippen molar-refractivity contribution >= 4 is 23.5 Å². The number of carbonyl (C=O) groups excluding carboxylic acids is 1. The van der Waals surface area contributed by atoms with E-state index in [-0.39, 0.29) is 18.0 Å². The fourth-order valence-corrected chi connectivity index (χ4v) is 2.00. The number of amides is 1. The molecule has 0 aliphatic heterocycles. The first kappa shape index (κ1) is 17.1. The minimum atomic E-state index is -0.476. The van der Waals surface area contributed by atoms with Crippen molar-refractivity contribution in [1.82, 2.24) is 5.43 Å². The third-order valence-corrected chi connectivity index (χ3v) is 3.32. The van der Waals surface area contributed by atoms with Crippen molar-refractivity contribution in [2.75, 3.05) is 19.0 Å². The molecule has 124 valence electrons. The molecule has 2 rings (SSSR count). The highest BCUT2D eigenvalue weighted by atomic mass is 16.6. The number of anilines is 1. The first-order valence-electron chi connectivity index (χ1n) is 7.28. The predicted molar refractivity (Wildman–Crippen MR) is 93.3 cm³/mol. The molecular formula is C17H18N4O3. The summed E-state index contributed by atoms with van der Waals surface area (Å²) in [5.74, 6) is -0.287. The summed E-state index contributed by atoms with van der Waals surface area (Å²) in [6.45, 7) is 0. The van der Waals surface area contributed by atoms with Gasteiger partial charge in [-0.2, -0.15) is 5.10 Å². The molecule has 0 spiro atoms. The molecule has 2 aromatic rings. The molecule has 0 aromatic heterocycles. The van der Waals surface area contributed by atoms with Gasteiger partial charge in [-0.1, -0.05) is 24.3 Å². The van der Waals surface area contributed by atoms with Gasteiger partial charge in [0.1, 0.15) is 0 Å². The zero-order valence-corrected chi connectivity index (χ0v) is 13.5. The molecular weight excluding hydrogens is 308 g/mol. The largest absolute Gasteiger partial charge is 0.378 e. The van der Waals surface area contributed by atoms with Gasteiger partial charge in [0.15, 0.2) is 0 Å². The molecule has 0 saturated carbocycles. The van der Waals surface area contributed by atoms with E-state index in [0.717, 1.165) is 11.3 Å². The molecule has 1 amide bonds. The van der Waals surface area contributed by atoms with Crippen molar-refractivity contribution in [2.24, 2.45) is 5.10 Å². The summed E-state index contributed by atoms with van der Waals surface area (Å²) in [5, 5.41) is 14.5. The van der Waals surface area contributed by atoms with E-state index < -0.39 is 4.92 Å². The Hall–Kier alpha value is -3.22. The van der Waals surface area contributed by atoms with Crippen molar-refractivity contribution in [3.05, 3.63) is 69.8 Å². The molecule has 0 aliphatic carbocycles. The van der Waals surface area contributed by atoms with Crippen molar-refractivity contribution in [3.8, 4) is 0 Å². The van der Waals surface area contributed by atoms with E-state index in [2.05, 4.69) is 10.5 Å². The van der Waals surface area contributed by atoms with Crippen LogP contribution >= 0.6 is 0 Å². The number of nitro groups is 1. The minimum absolute atomic E-state index is 0.00153. The molecule has 0 fully saturated rings. The molecule has 7 nitrogen and oxygen atoms in total. The molecule has 7 heteroatoms. The zero-order valence-electron chi connectivity index (χ0n) is 13.5. The Labute approximate surface area is 139 Å². The quantitative estimate of drug-likeness (QED) is 0.501. The Morgan fingerprint density at radius 2 is 1.79 bits per heavy atom. The molecule has 0 saturated heterocycles. The van der Waals surface area contributed by atoms with Gasteiger partial charge in [-0.05, 0) is 23.3 Å². The lowest BCUT2D eigenvalue weighted by atomic mass is 10.1. The van der Waals surface area contributed by atoms with Crippen LogP contribution < -0.4 is 10.3 Å². The molecule has 0 bridgehead atoms. The van der Waals surface area contributed by atoms with Gasteiger partial charge in [-0.15, -0.1) is 0 Å². The summed E-state index contributed by atoms with van der Waals surface area (Å²) in [6, 6.07) is 13.6. The first-order chi connectivity index (χ1) is 11.5. The molecule has 0 unspecified atom stereocenters. The summed E-state index contributed by atoms with van der Waals surface area (Å²) in [6.07, 6.45) is 1.67. The van der Waals surface area contributed by atoms with Crippen LogP contribution in [0.15, 0.2) is 53.6 Å². The summed E-state index contributed by atoms with van der Waals surface area (Å²) < 4.78 is 0. The number of nitrogens with one attached hydrogen (secondary N) is 1. The molecule has 1 N–H and O–H groups in total. The van der Waals surface area contributed by atoms with Gasteiger partial charge in [0.25, 0.3) is 5.69 Å². The van der Waals surface area contributed by atoms with Gasteiger partial charge < -0.3 is 4.90 Å². The van der Waals surface area contributed by atoms with E-state index >= 15 is 0 Å². The Kier molecular flexibility index (Phi) is 5.62. The van der Waals surface area contributed by atoms with Crippen LogP contribution in [0.1, 0.15) is 11.1 Å². The second kappa shape index (κ2) is 7.87. The van der Waals surface area contributed by atoms with E-state index in [4.69, 9.17) is 0 Å². The Bertz CT molecular complexity index is 737. The number of non-ortho nitro benzene ring substituents is 1. The Morgan fingerprint density at radius 3 is 2.33 bits per heavy atom. The fraction of sp³-hybridized carbons (Fsp3) is 0.176. The lowest BCUT2D eigenvalue weighted by molar-refractivity contribution is -0.384. The SMILES string of the molecule is CN(C)c1ccc(/C=N/NC(=O)Cc2ccc([N+](=O)[O-])cc2)cc1. The van der Waals surface area contributed by atoms with Crippen LogP contribution in [0.2, 0.25) is 0 Å². The number of benzene rings is 2. The summed E-state index contributed by atoms with van der Waals surface area (Å²) in [4.78, 5) is 23.9. The van der Waals surface area contributed by atoms with E-state index in [1.165, 1.54) is 12.1 Å². The van der Waals surface area contributed by atoms with Crippen LogP contribution in [-0.2, 0) is 11.2 Å². The van der Waals surface area contributed by atoms with Crippen LogP contribution in [0.3, 0.4) is 0 Å². The highest BCUT2D eigenvalue weighted by Crippen LogP contribution is 2.12. The summed E-state index contributed by atoms with van der Waals surface area (Å²) in [7, 11) is 3.92. The van der Waals surface area contributed by atoms with Crippen LogP contribution in [0, 0.1) is 10.1 Å². The summed E-state index contributed by atoms with van der Waals surface area (Å²) >= 11 is 0. The van der Waals surface area contributed by atoms with Crippen LogP contribution in [-0.4, -0.2) is 31.1 Å². The molecule has 0 aliphatic rings. The van der Waals surface area contributed by atoms with Gasteiger partial charge in [-0.3, -0.25) is 14.9 Å². The number of hydrogen-bond donors (Lipinski definition) is 1. The second-order valence-electron chi connectivity index (χ2n) is 5.38. The fourth-order valence-electron chi connectivity index (χ4n) is 2.00. The molecule has 0 heterocycles. The van der Waals surface area contributed by atoms with E-state index in [1.807, 2.05) is 43.3 Å². The number of nitrogens with zero attached hydrogens (tertiary/aromatic N) is 3. The van der Waals surface area contributed by atoms with Gasteiger partial charge in [0.2, 0.25) is 5.91 Å². The lowest BCUT2D eigenvalue weighted by Crippen LogP contribution is -2.19. The highest BCUT2D eigenvalue weighted by molar-refractivity contribution is 5.83. The Morgan fingerprint density at radius 1 is 1.17 bits per heavy atom. The lowest BCUT2D eigenvalue weighted by Gasteiger charge is -2.11. The highest BCUT2D eigenvalue weighted by Gasteiger charge is 2.06. The van der Waals surface area contributed by atoms with Crippen LogP contribution in [0.25, 0.3) is 0 Å². The topological polar surface area (TPSA) is 87.8 Å². The van der Waals surface area contributed by atoms with E-state index in [1.54, 1.807) is 18.3 Å². The minimum Gasteiger partial charge on any atom is -0.378 e. The van der Waals surface area contributed by atoms with Crippen molar-refractivity contribution in [3.63, 3.8) is 0 Å². The maximum Gasteiger partial charge on any atom is 0.269 e. The van der Waals surface area contributed by atoms with Crippen LogP contribution in [0.5, 0.6) is 0 Å².